The highest BCUT2D eigenvalue weighted by Crippen LogP contribution is 2.32. The van der Waals surface area contributed by atoms with Crippen molar-refractivity contribution in [2.45, 2.75) is 6.92 Å². The van der Waals surface area contributed by atoms with Crippen molar-refractivity contribution in [2.75, 3.05) is 0 Å². The van der Waals surface area contributed by atoms with Crippen LogP contribution >= 0.6 is 27.5 Å². The van der Waals surface area contributed by atoms with E-state index in [0.29, 0.717) is 10.7 Å². The molecule has 18 heavy (non-hydrogen) atoms. The predicted molar refractivity (Wildman–Crippen MR) is 76.8 cm³/mol. The number of H-pyrrole nitrogens is 1. The van der Waals surface area contributed by atoms with E-state index in [0.717, 1.165) is 27.1 Å². The van der Waals surface area contributed by atoms with Crippen molar-refractivity contribution < 1.29 is 0 Å². The molecular formula is C13H9BrClN3. The number of aromatic amines is 1. The van der Waals surface area contributed by atoms with E-state index in [-0.39, 0.29) is 0 Å². The average Bonchev–Trinajstić information content (AvgIpc) is 2.75. The fraction of sp³-hybridized carbons (Fsp3) is 0.0769. The van der Waals surface area contributed by atoms with Gasteiger partial charge in [-0.25, -0.2) is 9.97 Å². The molecule has 2 aromatic heterocycles. The van der Waals surface area contributed by atoms with Crippen LogP contribution in [0, 0.1) is 6.92 Å². The first-order valence-electron chi connectivity index (χ1n) is 5.43. The monoisotopic (exact) mass is 321 g/mol. The molecule has 3 rings (SSSR count). The van der Waals surface area contributed by atoms with Crippen LogP contribution in [0.4, 0.5) is 0 Å². The van der Waals surface area contributed by atoms with E-state index in [1.54, 1.807) is 0 Å². The Morgan fingerprint density at radius 1 is 1.17 bits per heavy atom. The quantitative estimate of drug-likeness (QED) is 0.723. The Balaban J connectivity index is 2.22. The molecule has 1 aromatic carbocycles. The van der Waals surface area contributed by atoms with Crippen molar-refractivity contribution in [3.63, 3.8) is 0 Å². The van der Waals surface area contributed by atoms with E-state index in [4.69, 9.17) is 11.6 Å². The summed E-state index contributed by atoms with van der Waals surface area (Å²) in [4.78, 5) is 12.1. The highest BCUT2D eigenvalue weighted by atomic mass is 79.9. The number of hydrogen-bond acceptors (Lipinski definition) is 2. The van der Waals surface area contributed by atoms with Gasteiger partial charge in [0.1, 0.15) is 5.82 Å². The van der Waals surface area contributed by atoms with E-state index in [2.05, 4.69) is 30.9 Å². The summed E-state index contributed by atoms with van der Waals surface area (Å²) in [6.07, 6.45) is 0. The second-order valence-corrected chi connectivity index (χ2v) is 5.24. The van der Waals surface area contributed by atoms with Crippen molar-refractivity contribution >= 4 is 38.7 Å². The SMILES string of the molecule is Cc1ccc2[nH]c(-c3cccc(Br)c3Cl)nc2n1. The van der Waals surface area contributed by atoms with Crippen LogP contribution < -0.4 is 0 Å². The summed E-state index contributed by atoms with van der Waals surface area (Å²) in [5.74, 6) is 0.731. The van der Waals surface area contributed by atoms with Crippen LogP contribution in [0.5, 0.6) is 0 Å². The number of halogens is 2. The first-order chi connectivity index (χ1) is 8.65. The van der Waals surface area contributed by atoms with Gasteiger partial charge in [0, 0.05) is 15.7 Å². The molecule has 0 amide bonds. The van der Waals surface area contributed by atoms with Crippen LogP contribution in [0.25, 0.3) is 22.6 Å². The number of pyridine rings is 1. The fourth-order valence-electron chi connectivity index (χ4n) is 1.80. The third-order valence-corrected chi connectivity index (χ3v) is 3.99. The molecule has 0 atom stereocenters. The molecular weight excluding hydrogens is 314 g/mol. The summed E-state index contributed by atoms with van der Waals surface area (Å²) in [5.41, 5.74) is 3.43. The van der Waals surface area contributed by atoms with E-state index < -0.39 is 0 Å². The van der Waals surface area contributed by atoms with Crippen LogP contribution in [0.15, 0.2) is 34.8 Å². The van der Waals surface area contributed by atoms with Crippen molar-refractivity contribution in [1.82, 2.24) is 15.0 Å². The predicted octanol–water partition coefficient (Wildman–Crippen LogP) is 4.35. The molecule has 3 nitrogen and oxygen atoms in total. The maximum atomic E-state index is 6.26. The van der Waals surface area contributed by atoms with Crippen LogP contribution in [-0.2, 0) is 0 Å². The molecule has 1 N–H and O–H groups in total. The van der Waals surface area contributed by atoms with Crippen molar-refractivity contribution in [1.29, 1.82) is 0 Å². The highest BCUT2D eigenvalue weighted by molar-refractivity contribution is 9.10. The highest BCUT2D eigenvalue weighted by Gasteiger charge is 2.11. The minimum atomic E-state index is 0.647. The van der Waals surface area contributed by atoms with Gasteiger partial charge >= 0.3 is 0 Å². The summed E-state index contributed by atoms with van der Waals surface area (Å²) in [7, 11) is 0. The van der Waals surface area contributed by atoms with E-state index in [9.17, 15) is 0 Å². The summed E-state index contributed by atoms with van der Waals surface area (Å²) >= 11 is 9.67. The summed E-state index contributed by atoms with van der Waals surface area (Å²) in [5, 5.41) is 0.647. The van der Waals surface area contributed by atoms with E-state index in [1.165, 1.54) is 0 Å². The zero-order chi connectivity index (χ0) is 12.7. The number of benzene rings is 1. The lowest BCUT2D eigenvalue weighted by Gasteiger charge is -2.01. The smallest absolute Gasteiger partial charge is 0.178 e. The van der Waals surface area contributed by atoms with Gasteiger partial charge in [-0.05, 0) is 47.1 Å². The lowest BCUT2D eigenvalue weighted by Crippen LogP contribution is -1.83. The minimum absolute atomic E-state index is 0.647. The number of imidazole rings is 1. The molecule has 0 aliphatic heterocycles. The molecule has 0 radical (unpaired) electrons. The second-order valence-electron chi connectivity index (χ2n) is 4.01. The Morgan fingerprint density at radius 2 is 2.00 bits per heavy atom. The van der Waals surface area contributed by atoms with E-state index in [1.807, 2.05) is 37.3 Å². The fourth-order valence-corrected chi connectivity index (χ4v) is 2.38. The first-order valence-corrected chi connectivity index (χ1v) is 6.60. The second kappa shape index (κ2) is 4.37. The maximum Gasteiger partial charge on any atom is 0.178 e. The largest absolute Gasteiger partial charge is 0.337 e. The van der Waals surface area contributed by atoms with E-state index >= 15 is 0 Å². The average molecular weight is 323 g/mol. The number of nitrogens with zero attached hydrogens (tertiary/aromatic N) is 2. The van der Waals surface area contributed by atoms with Gasteiger partial charge in [-0.3, -0.25) is 0 Å². The molecule has 0 bridgehead atoms. The van der Waals surface area contributed by atoms with Crippen LogP contribution in [0.1, 0.15) is 5.69 Å². The Hall–Kier alpha value is -1.39. The molecule has 2 heterocycles. The summed E-state index contributed by atoms with van der Waals surface area (Å²) in [6, 6.07) is 9.68. The molecule has 3 aromatic rings. The molecule has 0 fully saturated rings. The van der Waals surface area contributed by atoms with Gasteiger partial charge in [0.25, 0.3) is 0 Å². The molecule has 0 unspecified atom stereocenters. The van der Waals surface area contributed by atoms with Gasteiger partial charge < -0.3 is 4.98 Å². The van der Waals surface area contributed by atoms with Gasteiger partial charge in [-0.2, -0.15) is 0 Å². The standard InChI is InChI=1S/C13H9BrClN3/c1-7-5-6-10-13(16-7)18-12(17-10)8-3-2-4-9(14)11(8)15/h2-6H,1H3,(H,16,17,18). The Labute approximate surface area is 117 Å². The molecule has 0 aliphatic carbocycles. The Kier molecular flexibility index (Phi) is 2.84. The van der Waals surface area contributed by atoms with Crippen molar-refractivity contribution in [3.05, 3.63) is 45.5 Å². The zero-order valence-corrected chi connectivity index (χ0v) is 11.9. The minimum Gasteiger partial charge on any atom is -0.337 e. The number of hydrogen-bond donors (Lipinski definition) is 1. The number of aromatic nitrogens is 3. The topological polar surface area (TPSA) is 41.6 Å². The molecule has 0 spiro atoms. The maximum absolute atomic E-state index is 6.26. The van der Waals surface area contributed by atoms with Gasteiger partial charge in [-0.1, -0.05) is 17.7 Å². The summed E-state index contributed by atoms with van der Waals surface area (Å²) in [6.45, 7) is 1.94. The first kappa shape index (κ1) is 11.7. The lowest BCUT2D eigenvalue weighted by molar-refractivity contribution is 1.22. The van der Waals surface area contributed by atoms with Gasteiger partial charge in [0.05, 0.1) is 10.5 Å². The third kappa shape index (κ3) is 1.91. The van der Waals surface area contributed by atoms with Crippen LogP contribution in [0.3, 0.4) is 0 Å². The normalized spacial score (nSPS) is 11.1. The van der Waals surface area contributed by atoms with Gasteiger partial charge in [-0.15, -0.1) is 0 Å². The van der Waals surface area contributed by atoms with Gasteiger partial charge in [0.2, 0.25) is 0 Å². The molecule has 0 saturated carbocycles. The van der Waals surface area contributed by atoms with Crippen LogP contribution in [0.2, 0.25) is 5.02 Å². The number of rotatable bonds is 1. The number of fused-ring (bicyclic) bond motifs is 1. The molecule has 0 saturated heterocycles. The van der Waals surface area contributed by atoms with Crippen molar-refractivity contribution in [2.24, 2.45) is 0 Å². The molecule has 90 valence electrons. The number of aryl methyl sites for hydroxylation is 1. The van der Waals surface area contributed by atoms with Gasteiger partial charge in [0.15, 0.2) is 5.65 Å². The summed E-state index contributed by atoms with van der Waals surface area (Å²) < 4.78 is 0.853. The number of nitrogens with one attached hydrogen (secondary N) is 1. The Morgan fingerprint density at radius 3 is 2.83 bits per heavy atom. The third-order valence-electron chi connectivity index (χ3n) is 2.69. The zero-order valence-electron chi connectivity index (χ0n) is 9.54. The Bertz CT molecular complexity index is 736. The molecule has 5 heteroatoms. The van der Waals surface area contributed by atoms with Crippen molar-refractivity contribution in [3.8, 4) is 11.4 Å². The van der Waals surface area contributed by atoms with Crippen LogP contribution in [-0.4, -0.2) is 15.0 Å². The molecule has 0 aliphatic rings. The lowest BCUT2D eigenvalue weighted by atomic mass is 10.2.